The summed E-state index contributed by atoms with van der Waals surface area (Å²) in [7, 11) is 0. The summed E-state index contributed by atoms with van der Waals surface area (Å²) in [5.74, 6) is 0.0856. The van der Waals surface area contributed by atoms with Gasteiger partial charge >= 0.3 is 0 Å². The molecule has 2 aliphatic rings. The first-order valence-electron chi connectivity index (χ1n) is 9.33. The topological polar surface area (TPSA) is 75.6 Å². The molecule has 0 saturated carbocycles. The molecule has 136 valence electrons. The van der Waals surface area contributed by atoms with Gasteiger partial charge in [-0.3, -0.25) is 9.59 Å². The smallest absolute Gasteiger partial charge is 0.235 e. The molecule has 1 saturated heterocycles. The van der Waals surface area contributed by atoms with Gasteiger partial charge in [-0.1, -0.05) is 18.2 Å². The number of rotatable bonds is 8. The zero-order valence-corrected chi connectivity index (χ0v) is 14.6. The van der Waals surface area contributed by atoms with Gasteiger partial charge in [-0.2, -0.15) is 0 Å². The SMILES string of the molecule is O=C(CCC1(CCCCO)C(=O)Nc2ccccc21)C1CCCCO1. The summed E-state index contributed by atoms with van der Waals surface area (Å²) >= 11 is 0. The summed E-state index contributed by atoms with van der Waals surface area (Å²) in [6.45, 7) is 0.773. The summed E-state index contributed by atoms with van der Waals surface area (Å²) < 4.78 is 5.60. The number of hydrogen-bond donors (Lipinski definition) is 2. The molecule has 0 aliphatic carbocycles. The van der Waals surface area contributed by atoms with Gasteiger partial charge in [0.05, 0.1) is 5.41 Å². The van der Waals surface area contributed by atoms with Crippen LogP contribution in [-0.2, 0) is 19.7 Å². The molecule has 2 heterocycles. The number of para-hydroxylation sites is 1. The molecule has 0 radical (unpaired) electrons. The molecular weight excluding hydrogens is 318 g/mol. The Morgan fingerprint density at radius 2 is 2.08 bits per heavy atom. The van der Waals surface area contributed by atoms with Crippen LogP contribution in [0.3, 0.4) is 0 Å². The second-order valence-corrected chi connectivity index (χ2v) is 7.08. The second kappa shape index (κ2) is 8.11. The first kappa shape index (κ1) is 18.1. The number of benzene rings is 1. The minimum absolute atomic E-state index is 0.0241. The number of aliphatic hydroxyl groups is 1. The number of unbranched alkanes of at least 4 members (excludes halogenated alkanes) is 1. The van der Waals surface area contributed by atoms with E-state index in [4.69, 9.17) is 9.84 Å². The third-order valence-electron chi connectivity index (χ3n) is 5.47. The maximum atomic E-state index is 12.8. The maximum absolute atomic E-state index is 12.8. The van der Waals surface area contributed by atoms with E-state index < -0.39 is 5.41 Å². The van der Waals surface area contributed by atoms with Crippen molar-refractivity contribution >= 4 is 17.4 Å². The molecule has 1 fully saturated rings. The number of hydrogen-bond acceptors (Lipinski definition) is 4. The summed E-state index contributed by atoms with van der Waals surface area (Å²) in [4.78, 5) is 25.4. The number of Topliss-reactive ketones (excluding diaryl/α,β-unsaturated/α-hetero) is 1. The van der Waals surface area contributed by atoms with Crippen LogP contribution in [0, 0.1) is 0 Å². The van der Waals surface area contributed by atoms with Gasteiger partial charge in [0.1, 0.15) is 6.10 Å². The Kier molecular flexibility index (Phi) is 5.86. The van der Waals surface area contributed by atoms with Crippen LogP contribution in [0.1, 0.15) is 56.9 Å². The van der Waals surface area contributed by atoms with Gasteiger partial charge < -0.3 is 15.2 Å². The van der Waals surface area contributed by atoms with Crippen LogP contribution in [0.4, 0.5) is 5.69 Å². The van der Waals surface area contributed by atoms with Crippen molar-refractivity contribution in [1.82, 2.24) is 0 Å². The van der Waals surface area contributed by atoms with Crippen molar-refractivity contribution in [2.24, 2.45) is 0 Å². The van der Waals surface area contributed by atoms with Crippen LogP contribution in [-0.4, -0.2) is 36.1 Å². The largest absolute Gasteiger partial charge is 0.396 e. The normalized spacial score (nSPS) is 25.5. The van der Waals surface area contributed by atoms with Crippen LogP contribution in [0.2, 0.25) is 0 Å². The van der Waals surface area contributed by atoms with Crippen LogP contribution < -0.4 is 5.32 Å². The van der Waals surface area contributed by atoms with E-state index >= 15 is 0 Å². The Bertz CT molecular complexity index is 624. The molecule has 1 aromatic rings. The number of aliphatic hydroxyl groups excluding tert-OH is 1. The standard InChI is InChI=1S/C20H27NO4/c22-13-5-4-11-20(12-10-17(23)18-9-3-6-14-25-18)15-7-1-2-8-16(15)21-19(20)24/h1-2,7-8,18,22H,3-6,9-14H2,(H,21,24). The van der Waals surface area contributed by atoms with E-state index in [0.29, 0.717) is 32.3 Å². The Morgan fingerprint density at radius 1 is 1.24 bits per heavy atom. The summed E-state index contributed by atoms with van der Waals surface area (Å²) in [5, 5.41) is 12.1. The minimum Gasteiger partial charge on any atom is -0.396 e. The van der Waals surface area contributed by atoms with Crippen molar-refractivity contribution < 1.29 is 19.4 Å². The van der Waals surface area contributed by atoms with Gasteiger partial charge in [0.25, 0.3) is 0 Å². The summed E-state index contributed by atoms with van der Waals surface area (Å²) in [6.07, 6.45) is 5.46. The van der Waals surface area contributed by atoms with Crippen LogP contribution in [0.5, 0.6) is 0 Å². The Morgan fingerprint density at radius 3 is 2.84 bits per heavy atom. The van der Waals surface area contributed by atoms with Crippen molar-refractivity contribution in [3.8, 4) is 0 Å². The number of ketones is 1. The Balaban J connectivity index is 1.75. The van der Waals surface area contributed by atoms with Crippen LogP contribution in [0.15, 0.2) is 24.3 Å². The zero-order valence-electron chi connectivity index (χ0n) is 14.6. The Hall–Kier alpha value is -1.72. The minimum atomic E-state index is -0.671. The number of amides is 1. The fraction of sp³-hybridized carbons (Fsp3) is 0.600. The molecule has 2 N–H and O–H groups in total. The van der Waals surface area contributed by atoms with E-state index in [1.54, 1.807) is 0 Å². The molecule has 5 nitrogen and oxygen atoms in total. The van der Waals surface area contributed by atoms with Crippen molar-refractivity contribution in [2.45, 2.75) is 62.9 Å². The molecule has 0 bridgehead atoms. The Labute approximate surface area is 148 Å². The van der Waals surface area contributed by atoms with Crippen molar-refractivity contribution in [3.05, 3.63) is 29.8 Å². The van der Waals surface area contributed by atoms with Crippen molar-refractivity contribution in [2.75, 3.05) is 18.5 Å². The van der Waals surface area contributed by atoms with Crippen molar-refractivity contribution in [1.29, 1.82) is 0 Å². The van der Waals surface area contributed by atoms with Crippen LogP contribution >= 0.6 is 0 Å². The predicted molar refractivity (Wildman–Crippen MR) is 95.5 cm³/mol. The number of fused-ring (bicyclic) bond motifs is 1. The van der Waals surface area contributed by atoms with Gasteiger partial charge in [-0.15, -0.1) is 0 Å². The number of ether oxygens (including phenoxy) is 1. The third-order valence-corrected chi connectivity index (χ3v) is 5.47. The zero-order chi connectivity index (χ0) is 17.7. The highest BCUT2D eigenvalue weighted by atomic mass is 16.5. The van der Waals surface area contributed by atoms with E-state index in [1.165, 1.54) is 0 Å². The monoisotopic (exact) mass is 345 g/mol. The lowest BCUT2D eigenvalue weighted by atomic mass is 9.73. The highest BCUT2D eigenvalue weighted by molar-refractivity contribution is 6.06. The highest BCUT2D eigenvalue weighted by Crippen LogP contribution is 2.44. The number of carbonyl (C=O) groups is 2. The van der Waals surface area contributed by atoms with Crippen LogP contribution in [0.25, 0.3) is 0 Å². The first-order valence-corrected chi connectivity index (χ1v) is 9.33. The molecule has 2 aliphatic heterocycles. The van der Waals surface area contributed by atoms with Gasteiger partial charge in [0.2, 0.25) is 5.91 Å². The molecule has 0 spiro atoms. The maximum Gasteiger partial charge on any atom is 0.235 e. The average Bonchev–Trinajstić information content (AvgIpc) is 2.93. The van der Waals surface area contributed by atoms with Gasteiger partial charge in [0, 0.05) is 25.3 Å². The lowest BCUT2D eigenvalue weighted by Gasteiger charge is -2.29. The van der Waals surface area contributed by atoms with E-state index in [1.807, 2.05) is 24.3 Å². The highest BCUT2D eigenvalue weighted by Gasteiger charge is 2.46. The van der Waals surface area contributed by atoms with Gasteiger partial charge in [-0.05, 0) is 56.6 Å². The molecule has 0 aromatic heterocycles. The molecule has 25 heavy (non-hydrogen) atoms. The van der Waals surface area contributed by atoms with E-state index in [2.05, 4.69) is 5.32 Å². The average molecular weight is 345 g/mol. The lowest BCUT2D eigenvalue weighted by molar-refractivity contribution is -0.133. The molecule has 3 rings (SSSR count). The number of carbonyl (C=O) groups excluding carboxylic acids is 2. The molecule has 5 heteroatoms. The predicted octanol–water partition coefficient (Wildman–Crippen LogP) is 2.96. The molecular formula is C20H27NO4. The molecule has 1 amide bonds. The van der Waals surface area contributed by atoms with E-state index in [9.17, 15) is 9.59 Å². The molecule has 2 atom stereocenters. The number of nitrogens with one attached hydrogen (secondary N) is 1. The van der Waals surface area contributed by atoms with E-state index in [-0.39, 0.29) is 24.4 Å². The second-order valence-electron chi connectivity index (χ2n) is 7.08. The molecule has 1 aromatic carbocycles. The van der Waals surface area contributed by atoms with E-state index in [0.717, 1.165) is 36.9 Å². The molecule has 2 unspecified atom stereocenters. The van der Waals surface area contributed by atoms with Gasteiger partial charge in [0.15, 0.2) is 5.78 Å². The fourth-order valence-electron chi connectivity index (χ4n) is 4.03. The first-order chi connectivity index (χ1) is 12.2. The lowest BCUT2D eigenvalue weighted by Crippen LogP contribution is -2.37. The van der Waals surface area contributed by atoms with Gasteiger partial charge in [-0.25, -0.2) is 0 Å². The third kappa shape index (κ3) is 3.77. The fourth-order valence-corrected chi connectivity index (χ4v) is 4.03. The number of anilines is 1. The quantitative estimate of drug-likeness (QED) is 0.710. The summed E-state index contributed by atoms with van der Waals surface area (Å²) in [5.41, 5.74) is 1.16. The summed E-state index contributed by atoms with van der Waals surface area (Å²) in [6, 6.07) is 7.73. The van der Waals surface area contributed by atoms with Crippen molar-refractivity contribution in [3.63, 3.8) is 0 Å².